The zero-order valence-corrected chi connectivity index (χ0v) is 17.6. The van der Waals surface area contributed by atoms with Gasteiger partial charge in [-0.05, 0) is 24.6 Å². The summed E-state index contributed by atoms with van der Waals surface area (Å²) in [5, 5.41) is 8.03. The van der Waals surface area contributed by atoms with Crippen molar-refractivity contribution in [1.29, 1.82) is 0 Å². The molecule has 0 atom stereocenters. The van der Waals surface area contributed by atoms with Gasteiger partial charge in [0.05, 0.1) is 21.8 Å². The van der Waals surface area contributed by atoms with Crippen LogP contribution in [0.15, 0.2) is 58.3 Å². The number of nitrogens with zero attached hydrogens (tertiary/aromatic N) is 3. The van der Waals surface area contributed by atoms with Crippen molar-refractivity contribution in [2.45, 2.75) is 11.9 Å². The Hall–Kier alpha value is -2.55. The van der Waals surface area contributed by atoms with Crippen molar-refractivity contribution in [3.8, 4) is 22.0 Å². The largest absolute Gasteiger partial charge is 0.298 e. The molecule has 0 radical (unpaired) electrons. The van der Waals surface area contributed by atoms with Crippen LogP contribution in [0.2, 0.25) is 0 Å². The van der Waals surface area contributed by atoms with Crippen LogP contribution < -0.4 is 5.32 Å². The Morgan fingerprint density at radius 3 is 2.57 bits per heavy atom. The molecule has 8 heteroatoms. The Balaban J connectivity index is 1.61. The molecule has 0 aliphatic rings. The van der Waals surface area contributed by atoms with E-state index in [1.165, 1.54) is 23.1 Å². The third-order valence-corrected chi connectivity index (χ3v) is 6.32. The maximum absolute atomic E-state index is 12.9. The van der Waals surface area contributed by atoms with E-state index in [9.17, 15) is 4.79 Å². The molecule has 0 unspecified atom stereocenters. The number of aromatic nitrogens is 3. The number of hydrogen-bond donors (Lipinski definition) is 1. The van der Waals surface area contributed by atoms with Gasteiger partial charge in [0.25, 0.3) is 5.91 Å². The van der Waals surface area contributed by atoms with Crippen LogP contribution in [0, 0.1) is 6.92 Å². The minimum Gasteiger partial charge on any atom is -0.298 e. The van der Waals surface area contributed by atoms with Crippen molar-refractivity contribution in [2.24, 2.45) is 0 Å². The predicted molar refractivity (Wildman–Crippen MR) is 117 cm³/mol. The number of thiophene rings is 1. The summed E-state index contributed by atoms with van der Waals surface area (Å²) in [6, 6.07) is 13.8. The molecule has 0 aliphatic heterocycles. The molecular weight excluding hydrogens is 408 g/mol. The molecule has 0 aliphatic carbocycles. The van der Waals surface area contributed by atoms with Crippen LogP contribution in [0.5, 0.6) is 0 Å². The highest BCUT2D eigenvalue weighted by Crippen LogP contribution is 2.29. The summed E-state index contributed by atoms with van der Waals surface area (Å²) in [5.41, 5.74) is 3.00. The number of anilines is 1. The first-order valence-corrected chi connectivity index (χ1v) is 11.4. The van der Waals surface area contributed by atoms with E-state index in [4.69, 9.17) is 0 Å². The van der Waals surface area contributed by atoms with Gasteiger partial charge in [0, 0.05) is 10.9 Å². The van der Waals surface area contributed by atoms with E-state index >= 15 is 0 Å². The predicted octanol–water partition coefficient (Wildman–Crippen LogP) is 5.61. The van der Waals surface area contributed by atoms with Gasteiger partial charge in [0.2, 0.25) is 0 Å². The van der Waals surface area contributed by atoms with Gasteiger partial charge in [-0.1, -0.05) is 36.4 Å². The zero-order chi connectivity index (χ0) is 19.5. The highest BCUT2D eigenvalue weighted by Gasteiger charge is 2.20. The van der Waals surface area contributed by atoms with Crippen LogP contribution in [-0.4, -0.2) is 27.1 Å². The van der Waals surface area contributed by atoms with E-state index in [-0.39, 0.29) is 5.91 Å². The number of carbonyl (C=O) groups is 1. The Labute approximate surface area is 174 Å². The fourth-order valence-corrected chi connectivity index (χ4v) is 4.70. The Morgan fingerprint density at radius 2 is 1.86 bits per heavy atom. The lowest BCUT2D eigenvalue weighted by Gasteiger charge is -2.10. The Morgan fingerprint density at radius 1 is 1.04 bits per heavy atom. The molecule has 0 bridgehead atoms. The molecule has 5 nitrogen and oxygen atoms in total. The van der Waals surface area contributed by atoms with Gasteiger partial charge in [0.1, 0.15) is 5.03 Å². The first-order valence-electron chi connectivity index (χ1n) is 8.44. The molecule has 3 heterocycles. The molecule has 3 aromatic heterocycles. The van der Waals surface area contributed by atoms with Gasteiger partial charge >= 0.3 is 0 Å². The van der Waals surface area contributed by atoms with Crippen LogP contribution in [0.4, 0.5) is 5.13 Å². The van der Waals surface area contributed by atoms with E-state index in [0.717, 1.165) is 16.1 Å². The Kier molecular flexibility index (Phi) is 5.52. The smallest absolute Gasteiger partial charge is 0.262 e. The molecule has 28 heavy (non-hydrogen) atoms. The summed E-state index contributed by atoms with van der Waals surface area (Å²) in [4.78, 5) is 27.6. The minimum absolute atomic E-state index is 0.242. The molecule has 0 spiro atoms. The van der Waals surface area contributed by atoms with Crippen molar-refractivity contribution < 1.29 is 4.79 Å². The normalized spacial score (nSPS) is 10.8. The van der Waals surface area contributed by atoms with Crippen molar-refractivity contribution >= 4 is 45.5 Å². The molecule has 140 valence electrons. The number of thiazole rings is 1. The number of carbonyl (C=O) groups excluding carboxylic acids is 1. The second kappa shape index (κ2) is 8.22. The first kappa shape index (κ1) is 18.8. The maximum Gasteiger partial charge on any atom is 0.262 e. The van der Waals surface area contributed by atoms with Gasteiger partial charge in [-0.3, -0.25) is 10.1 Å². The molecule has 1 amide bonds. The van der Waals surface area contributed by atoms with Gasteiger partial charge in [-0.2, -0.15) is 0 Å². The van der Waals surface area contributed by atoms with E-state index < -0.39 is 0 Å². The quantitative estimate of drug-likeness (QED) is 0.333. The highest BCUT2D eigenvalue weighted by molar-refractivity contribution is 7.98. The van der Waals surface area contributed by atoms with Crippen molar-refractivity contribution in [2.75, 3.05) is 11.6 Å². The van der Waals surface area contributed by atoms with Crippen molar-refractivity contribution in [3.63, 3.8) is 0 Å². The number of rotatable bonds is 5. The second-order valence-electron chi connectivity index (χ2n) is 5.85. The highest BCUT2D eigenvalue weighted by atomic mass is 32.2. The van der Waals surface area contributed by atoms with Crippen LogP contribution in [0.3, 0.4) is 0 Å². The summed E-state index contributed by atoms with van der Waals surface area (Å²) in [5.74, 6) is 0.405. The summed E-state index contributed by atoms with van der Waals surface area (Å²) in [7, 11) is 0. The molecular formula is C20H16N4OS3. The molecule has 4 aromatic rings. The SMILES string of the molecule is CSc1nc(-c2cccs2)nc(C)c1C(=O)Nc1nc(-c2ccccc2)cs1. The molecule has 1 aromatic carbocycles. The third kappa shape index (κ3) is 3.84. The topological polar surface area (TPSA) is 67.8 Å². The lowest BCUT2D eigenvalue weighted by molar-refractivity contribution is 0.102. The monoisotopic (exact) mass is 424 g/mol. The summed E-state index contributed by atoms with van der Waals surface area (Å²) in [6.45, 7) is 1.84. The fourth-order valence-electron chi connectivity index (χ4n) is 2.70. The Bertz CT molecular complexity index is 1110. The number of hydrogen-bond acceptors (Lipinski definition) is 7. The lowest BCUT2D eigenvalue weighted by atomic mass is 10.2. The number of amides is 1. The number of aryl methyl sites for hydroxylation is 1. The standard InChI is InChI=1S/C20H16N4OS3/c1-12-16(19(26-2)23-17(21-12)15-9-6-10-27-15)18(25)24-20-22-14(11-28-20)13-7-4-3-5-8-13/h3-11H,1-2H3,(H,22,24,25). The van der Waals surface area contributed by atoms with Gasteiger partial charge < -0.3 is 0 Å². The fraction of sp³-hybridized carbons (Fsp3) is 0.100. The molecule has 0 saturated heterocycles. The average Bonchev–Trinajstić information content (AvgIpc) is 3.40. The van der Waals surface area contributed by atoms with Crippen molar-refractivity contribution in [3.05, 3.63) is 64.5 Å². The van der Waals surface area contributed by atoms with E-state index in [2.05, 4.69) is 20.3 Å². The van der Waals surface area contributed by atoms with E-state index in [0.29, 0.717) is 27.2 Å². The second-order valence-corrected chi connectivity index (χ2v) is 8.45. The third-order valence-electron chi connectivity index (χ3n) is 4.01. The van der Waals surface area contributed by atoms with Gasteiger partial charge in [-0.25, -0.2) is 15.0 Å². The molecule has 4 rings (SSSR count). The molecule has 1 N–H and O–H groups in total. The summed E-state index contributed by atoms with van der Waals surface area (Å²) >= 11 is 4.41. The van der Waals surface area contributed by atoms with Gasteiger partial charge in [0.15, 0.2) is 11.0 Å². The minimum atomic E-state index is -0.242. The summed E-state index contributed by atoms with van der Waals surface area (Å²) < 4.78 is 0. The maximum atomic E-state index is 12.9. The molecule has 0 saturated carbocycles. The number of thioether (sulfide) groups is 1. The number of benzene rings is 1. The summed E-state index contributed by atoms with van der Waals surface area (Å²) in [6.07, 6.45) is 1.91. The van der Waals surface area contributed by atoms with Crippen LogP contribution in [0.1, 0.15) is 16.1 Å². The van der Waals surface area contributed by atoms with Crippen LogP contribution in [0.25, 0.3) is 22.0 Å². The van der Waals surface area contributed by atoms with Crippen LogP contribution >= 0.6 is 34.4 Å². The van der Waals surface area contributed by atoms with Gasteiger partial charge in [-0.15, -0.1) is 34.4 Å². The molecule has 0 fully saturated rings. The van der Waals surface area contributed by atoms with Crippen LogP contribution in [-0.2, 0) is 0 Å². The lowest BCUT2D eigenvalue weighted by Crippen LogP contribution is -2.16. The average molecular weight is 425 g/mol. The first-order chi connectivity index (χ1) is 13.7. The van der Waals surface area contributed by atoms with E-state index in [1.54, 1.807) is 11.3 Å². The number of nitrogens with one attached hydrogen (secondary N) is 1. The van der Waals surface area contributed by atoms with Crippen molar-refractivity contribution in [1.82, 2.24) is 15.0 Å². The zero-order valence-electron chi connectivity index (χ0n) is 15.2. The van der Waals surface area contributed by atoms with E-state index in [1.807, 2.05) is 66.4 Å².